The highest BCUT2D eigenvalue weighted by molar-refractivity contribution is 6.30. The molecule has 5 nitrogen and oxygen atoms in total. The van der Waals surface area contributed by atoms with Crippen molar-refractivity contribution in [1.82, 2.24) is 0 Å². The number of rotatable bonds is 4. The molecule has 0 bridgehead atoms. The molecule has 1 atom stereocenters. The molecule has 0 saturated heterocycles. The first-order valence-electron chi connectivity index (χ1n) is 6.16. The van der Waals surface area contributed by atoms with Gasteiger partial charge < -0.3 is 9.73 Å². The highest BCUT2D eigenvalue weighted by Gasteiger charge is 2.18. The van der Waals surface area contributed by atoms with E-state index in [2.05, 4.69) is 5.32 Å². The summed E-state index contributed by atoms with van der Waals surface area (Å²) in [6, 6.07) is 6.39. The maximum Gasteiger partial charge on any atom is 0.293 e. The average molecular weight is 295 g/mol. The SMILES string of the molecule is Cc1cc(C(C)Nc2ccc(Cl)cc2[N+](=O)[O-])c(C)o1. The van der Waals surface area contributed by atoms with Gasteiger partial charge in [-0.1, -0.05) is 11.6 Å². The summed E-state index contributed by atoms with van der Waals surface area (Å²) in [5.74, 6) is 1.62. The molecule has 1 N–H and O–H groups in total. The third-order valence-electron chi connectivity index (χ3n) is 3.07. The zero-order chi connectivity index (χ0) is 14.9. The second kappa shape index (κ2) is 5.54. The molecule has 1 aromatic heterocycles. The summed E-state index contributed by atoms with van der Waals surface area (Å²) in [7, 11) is 0. The van der Waals surface area contributed by atoms with Gasteiger partial charge in [0.05, 0.1) is 11.0 Å². The first-order valence-corrected chi connectivity index (χ1v) is 6.53. The van der Waals surface area contributed by atoms with Gasteiger partial charge in [0.15, 0.2) is 0 Å². The van der Waals surface area contributed by atoms with E-state index in [-0.39, 0.29) is 11.7 Å². The second-order valence-electron chi connectivity index (χ2n) is 4.65. The molecule has 0 aliphatic rings. The number of anilines is 1. The number of benzene rings is 1. The van der Waals surface area contributed by atoms with Crippen molar-refractivity contribution < 1.29 is 9.34 Å². The number of furan rings is 1. The smallest absolute Gasteiger partial charge is 0.293 e. The summed E-state index contributed by atoms with van der Waals surface area (Å²) < 4.78 is 5.48. The molecule has 1 aromatic carbocycles. The summed E-state index contributed by atoms with van der Waals surface area (Å²) in [5, 5.41) is 14.5. The van der Waals surface area contributed by atoms with Crippen molar-refractivity contribution in [2.75, 3.05) is 5.32 Å². The molecule has 20 heavy (non-hydrogen) atoms. The number of nitro benzene ring substituents is 1. The van der Waals surface area contributed by atoms with Crippen LogP contribution in [0.5, 0.6) is 0 Å². The Morgan fingerprint density at radius 1 is 1.35 bits per heavy atom. The first kappa shape index (κ1) is 14.4. The average Bonchev–Trinajstić information content (AvgIpc) is 2.70. The maximum atomic E-state index is 11.1. The van der Waals surface area contributed by atoms with Gasteiger partial charge in [-0.2, -0.15) is 0 Å². The highest BCUT2D eigenvalue weighted by Crippen LogP contribution is 2.32. The Morgan fingerprint density at radius 2 is 2.05 bits per heavy atom. The molecule has 6 heteroatoms. The van der Waals surface area contributed by atoms with E-state index < -0.39 is 4.92 Å². The fraction of sp³-hybridized carbons (Fsp3) is 0.286. The zero-order valence-electron chi connectivity index (χ0n) is 11.4. The van der Waals surface area contributed by atoms with Crippen LogP contribution < -0.4 is 5.32 Å². The topological polar surface area (TPSA) is 68.3 Å². The fourth-order valence-electron chi connectivity index (χ4n) is 2.17. The lowest BCUT2D eigenvalue weighted by Gasteiger charge is -2.14. The lowest BCUT2D eigenvalue weighted by molar-refractivity contribution is -0.384. The molecule has 0 saturated carbocycles. The molecule has 0 aliphatic carbocycles. The number of nitro groups is 1. The zero-order valence-corrected chi connectivity index (χ0v) is 12.2. The van der Waals surface area contributed by atoms with E-state index in [1.165, 1.54) is 6.07 Å². The van der Waals surface area contributed by atoms with Crippen molar-refractivity contribution in [1.29, 1.82) is 0 Å². The van der Waals surface area contributed by atoms with Gasteiger partial charge in [0.25, 0.3) is 5.69 Å². The first-order chi connectivity index (χ1) is 9.38. The van der Waals surface area contributed by atoms with Gasteiger partial charge in [0, 0.05) is 16.7 Å². The standard InChI is InChI=1S/C14H15ClN2O3/c1-8-6-12(10(3)20-8)9(2)16-13-5-4-11(15)7-14(13)17(18)19/h4-7,9,16H,1-3H3. The van der Waals surface area contributed by atoms with E-state index >= 15 is 0 Å². The van der Waals surface area contributed by atoms with Crippen LogP contribution in [0, 0.1) is 24.0 Å². The molecule has 0 spiro atoms. The number of hydrogen-bond acceptors (Lipinski definition) is 4. The van der Waals surface area contributed by atoms with Crippen molar-refractivity contribution >= 4 is 23.0 Å². The lowest BCUT2D eigenvalue weighted by Crippen LogP contribution is -2.08. The van der Waals surface area contributed by atoms with Gasteiger partial charge in [-0.25, -0.2) is 0 Å². The molecule has 2 rings (SSSR count). The molecular weight excluding hydrogens is 280 g/mol. The van der Waals surface area contributed by atoms with E-state index in [4.69, 9.17) is 16.0 Å². The van der Waals surface area contributed by atoms with Crippen LogP contribution in [0.1, 0.15) is 30.0 Å². The Bertz CT molecular complexity index is 652. The molecule has 106 valence electrons. The third kappa shape index (κ3) is 2.93. The van der Waals surface area contributed by atoms with E-state index in [0.29, 0.717) is 10.7 Å². The van der Waals surface area contributed by atoms with Gasteiger partial charge in [0.2, 0.25) is 0 Å². The maximum absolute atomic E-state index is 11.1. The fourth-order valence-corrected chi connectivity index (χ4v) is 2.34. The van der Waals surface area contributed by atoms with Crippen LogP contribution in [-0.4, -0.2) is 4.92 Å². The predicted molar refractivity (Wildman–Crippen MR) is 78.3 cm³/mol. The van der Waals surface area contributed by atoms with Crippen LogP contribution in [-0.2, 0) is 0 Å². The molecule has 1 unspecified atom stereocenters. The minimum Gasteiger partial charge on any atom is -0.466 e. The summed E-state index contributed by atoms with van der Waals surface area (Å²) in [6.07, 6.45) is 0. The Morgan fingerprint density at radius 3 is 2.60 bits per heavy atom. The van der Waals surface area contributed by atoms with Crippen LogP contribution in [0.25, 0.3) is 0 Å². The van der Waals surface area contributed by atoms with Gasteiger partial charge in [-0.05, 0) is 39.0 Å². The lowest BCUT2D eigenvalue weighted by atomic mass is 10.1. The van der Waals surface area contributed by atoms with Gasteiger partial charge in [0.1, 0.15) is 17.2 Å². The van der Waals surface area contributed by atoms with Crippen molar-refractivity contribution in [2.24, 2.45) is 0 Å². The number of hydrogen-bond donors (Lipinski definition) is 1. The molecule has 0 fully saturated rings. The van der Waals surface area contributed by atoms with Crippen molar-refractivity contribution in [3.05, 3.63) is 56.5 Å². The largest absolute Gasteiger partial charge is 0.466 e. The molecule has 0 radical (unpaired) electrons. The van der Waals surface area contributed by atoms with Crippen molar-refractivity contribution in [2.45, 2.75) is 26.8 Å². The molecular formula is C14H15ClN2O3. The summed E-state index contributed by atoms with van der Waals surface area (Å²) in [6.45, 7) is 5.67. The van der Waals surface area contributed by atoms with Crippen LogP contribution in [0.3, 0.4) is 0 Å². The summed E-state index contributed by atoms with van der Waals surface area (Å²) >= 11 is 5.80. The number of halogens is 1. The van der Waals surface area contributed by atoms with E-state index in [9.17, 15) is 10.1 Å². The van der Waals surface area contributed by atoms with Crippen molar-refractivity contribution in [3.63, 3.8) is 0 Å². The van der Waals surface area contributed by atoms with Crippen LogP contribution in [0.4, 0.5) is 11.4 Å². The highest BCUT2D eigenvalue weighted by atomic mass is 35.5. The molecule has 1 heterocycles. The van der Waals surface area contributed by atoms with Crippen molar-refractivity contribution in [3.8, 4) is 0 Å². The summed E-state index contributed by atoms with van der Waals surface area (Å²) in [5.41, 5.74) is 1.37. The Labute approximate surface area is 121 Å². The quantitative estimate of drug-likeness (QED) is 0.659. The molecule has 0 aliphatic heterocycles. The van der Waals surface area contributed by atoms with Gasteiger partial charge in [-0.3, -0.25) is 10.1 Å². The Balaban J connectivity index is 2.30. The van der Waals surface area contributed by atoms with Gasteiger partial charge >= 0.3 is 0 Å². The predicted octanol–water partition coefficient (Wildman–Crippen LogP) is 4.63. The van der Waals surface area contributed by atoms with Crippen LogP contribution in [0.2, 0.25) is 5.02 Å². The number of nitrogens with zero attached hydrogens (tertiary/aromatic N) is 1. The number of nitrogens with one attached hydrogen (secondary N) is 1. The normalized spacial score (nSPS) is 12.2. The molecule has 2 aromatic rings. The number of aryl methyl sites for hydroxylation is 2. The van der Waals surface area contributed by atoms with E-state index in [1.807, 2.05) is 26.8 Å². The third-order valence-corrected chi connectivity index (χ3v) is 3.31. The Hall–Kier alpha value is -2.01. The minimum atomic E-state index is -0.450. The van der Waals surface area contributed by atoms with Gasteiger partial charge in [-0.15, -0.1) is 0 Å². The second-order valence-corrected chi connectivity index (χ2v) is 5.09. The van der Waals surface area contributed by atoms with E-state index in [0.717, 1.165) is 17.1 Å². The monoisotopic (exact) mass is 294 g/mol. The van der Waals surface area contributed by atoms with Crippen LogP contribution in [0.15, 0.2) is 28.7 Å². The molecule has 0 amide bonds. The van der Waals surface area contributed by atoms with E-state index in [1.54, 1.807) is 12.1 Å². The summed E-state index contributed by atoms with van der Waals surface area (Å²) in [4.78, 5) is 10.6. The Kier molecular flexibility index (Phi) is 3.99. The minimum absolute atomic E-state index is 0.0396. The van der Waals surface area contributed by atoms with Crippen LogP contribution >= 0.6 is 11.6 Å².